The highest BCUT2D eigenvalue weighted by Crippen LogP contribution is 2.39. The van der Waals surface area contributed by atoms with Crippen LogP contribution in [0.15, 0.2) is 100 Å². The summed E-state index contributed by atoms with van der Waals surface area (Å²) in [6, 6.07) is 24.5. The van der Waals surface area contributed by atoms with Crippen LogP contribution in [-0.2, 0) is 9.53 Å². The molecule has 1 aliphatic heterocycles. The lowest BCUT2D eigenvalue weighted by molar-refractivity contribution is -0.116. The first kappa shape index (κ1) is 18.1. The monoisotopic (exact) mass is 399 g/mol. The van der Waals surface area contributed by atoms with Crippen LogP contribution in [0.5, 0.6) is 0 Å². The largest absolute Gasteiger partial charge is 0.454 e. The Bertz CT molecular complexity index is 1130. The van der Waals surface area contributed by atoms with E-state index >= 15 is 0 Å². The maximum absolute atomic E-state index is 12.7. The number of ketones is 1. The summed E-state index contributed by atoms with van der Waals surface area (Å²) in [5.41, 5.74) is 1.81. The molecule has 3 aromatic carbocycles. The van der Waals surface area contributed by atoms with Gasteiger partial charge in [-0.1, -0.05) is 66.4 Å². The molecule has 1 atom stereocenters. The molecule has 3 aromatic rings. The van der Waals surface area contributed by atoms with E-state index < -0.39 is 0 Å². The smallest absolute Gasteiger partial charge is 0.164 e. The van der Waals surface area contributed by atoms with Gasteiger partial charge in [0.25, 0.3) is 0 Å². The van der Waals surface area contributed by atoms with Crippen LogP contribution >= 0.6 is 11.8 Å². The summed E-state index contributed by atoms with van der Waals surface area (Å²) in [7, 11) is 0. The number of carbonyl (C=O) groups excluding carboxylic acids is 1. The molecule has 0 radical (unpaired) electrons. The molecule has 0 spiro atoms. The van der Waals surface area contributed by atoms with Gasteiger partial charge in [0, 0.05) is 28.8 Å². The third kappa shape index (κ3) is 3.68. The van der Waals surface area contributed by atoms with Gasteiger partial charge in [0.2, 0.25) is 0 Å². The quantitative estimate of drug-likeness (QED) is 0.559. The van der Waals surface area contributed by atoms with Crippen molar-refractivity contribution >= 4 is 34.0 Å². The zero-order chi connectivity index (χ0) is 19.6. The van der Waals surface area contributed by atoms with Crippen molar-refractivity contribution in [3.8, 4) is 0 Å². The summed E-state index contributed by atoms with van der Waals surface area (Å²) in [4.78, 5) is 13.9. The Morgan fingerprint density at radius 1 is 0.897 bits per heavy atom. The lowest BCUT2D eigenvalue weighted by Crippen LogP contribution is -2.31. The second-order valence-corrected chi connectivity index (χ2v) is 8.34. The highest BCUT2D eigenvalue weighted by atomic mass is 32.2. The fourth-order valence-corrected chi connectivity index (χ4v) is 4.83. The topological polar surface area (TPSA) is 38.3 Å². The number of fused-ring (bicyclic) bond motifs is 1. The molecule has 2 aliphatic rings. The number of Topliss-reactive ketones (excluding diaryl/α,β-unsaturated/α-hetero) is 1. The third-order valence-corrected chi connectivity index (χ3v) is 6.24. The first-order chi connectivity index (χ1) is 14.3. The molecule has 0 saturated heterocycles. The molecule has 0 amide bonds. The zero-order valence-electron chi connectivity index (χ0n) is 15.9. The van der Waals surface area contributed by atoms with E-state index in [2.05, 4.69) is 41.7 Å². The molecule has 4 heteroatoms. The van der Waals surface area contributed by atoms with Crippen LogP contribution in [-0.4, -0.2) is 11.8 Å². The number of rotatable bonds is 4. The Kier molecular flexibility index (Phi) is 4.86. The number of nitrogens with one attached hydrogen (secondary N) is 1. The van der Waals surface area contributed by atoms with Gasteiger partial charge >= 0.3 is 0 Å². The van der Waals surface area contributed by atoms with Gasteiger partial charge in [-0.15, -0.1) is 0 Å². The second-order valence-electron chi connectivity index (χ2n) is 7.27. The molecule has 1 aliphatic carbocycles. The molecule has 3 nitrogen and oxygen atoms in total. The van der Waals surface area contributed by atoms with E-state index in [1.165, 1.54) is 5.39 Å². The molecule has 29 heavy (non-hydrogen) atoms. The number of carbonyl (C=O) groups is 1. The fourth-order valence-electron chi connectivity index (χ4n) is 3.95. The van der Waals surface area contributed by atoms with Crippen LogP contribution < -0.4 is 5.32 Å². The van der Waals surface area contributed by atoms with Crippen molar-refractivity contribution in [3.05, 3.63) is 95.3 Å². The van der Waals surface area contributed by atoms with Gasteiger partial charge in [0.05, 0.1) is 11.6 Å². The Labute approximate surface area is 174 Å². The van der Waals surface area contributed by atoms with Gasteiger partial charge in [0.15, 0.2) is 10.9 Å². The molecule has 1 N–H and O–H groups in total. The van der Waals surface area contributed by atoms with Gasteiger partial charge in [-0.3, -0.25) is 4.79 Å². The highest BCUT2D eigenvalue weighted by molar-refractivity contribution is 8.02. The fraction of sp³-hybridized carbons (Fsp3) is 0.160. The van der Waals surface area contributed by atoms with Crippen molar-refractivity contribution in [3.63, 3.8) is 0 Å². The molecular formula is C25H21NO2S. The molecule has 1 unspecified atom stereocenters. The number of ether oxygens (including phenoxy) is 1. The van der Waals surface area contributed by atoms with E-state index in [0.717, 1.165) is 45.2 Å². The molecule has 1 heterocycles. The number of thioether (sulfide) groups is 1. The number of hydrogen-bond acceptors (Lipinski definition) is 4. The van der Waals surface area contributed by atoms with Gasteiger partial charge in [0.1, 0.15) is 5.76 Å². The third-order valence-electron chi connectivity index (χ3n) is 5.31. The summed E-state index contributed by atoms with van der Waals surface area (Å²) in [5.74, 6) is 1.00. The van der Waals surface area contributed by atoms with Crippen molar-refractivity contribution in [2.24, 2.45) is 0 Å². The highest BCUT2D eigenvalue weighted by Gasteiger charge is 2.32. The Balaban J connectivity index is 1.52. The average Bonchev–Trinajstić information content (AvgIpc) is 2.75. The lowest BCUT2D eigenvalue weighted by atomic mass is 9.89. The molecule has 0 aromatic heterocycles. The second kappa shape index (κ2) is 7.80. The predicted molar refractivity (Wildman–Crippen MR) is 119 cm³/mol. The zero-order valence-corrected chi connectivity index (χ0v) is 16.7. The van der Waals surface area contributed by atoms with E-state index in [-0.39, 0.29) is 11.8 Å². The van der Waals surface area contributed by atoms with Crippen molar-refractivity contribution in [2.45, 2.75) is 30.2 Å². The van der Waals surface area contributed by atoms with E-state index in [4.69, 9.17) is 4.74 Å². The lowest BCUT2D eigenvalue weighted by Gasteiger charge is -2.31. The van der Waals surface area contributed by atoms with Crippen LogP contribution in [0.4, 0.5) is 5.69 Å². The molecular weight excluding hydrogens is 378 g/mol. The minimum Gasteiger partial charge on any atom is -0.454 e. The van der Waals surface area contributed by atoms with E-state index in [9.17, 15) is 4.79 Å². The van der Waals surface area contributed by atoms with E-state index in [0.29, 0.717) is 6.42 Å². The maximum Gasteiger partial charge on any atom is 0.164 e. The number of allylic oxidation sites excluding steroid dienone is 1. The Morgan fingerprint density at radius 2 is 1.69 bits per heavy atom. The number of benzene rings is 3. The van der Waals surface area contributed by atoms with Crippen molar-refractivity contribution in [1.29, 1.82) is 0 Å². The average molecular weight is 400 g/mol. The van der Waals surface area contributed by atoms with Crippen LogP contribution in [0.25, 0.3) is 10.8 Å². The standard InChI is InChI=1S/C25H21NO2S/c27-22-14-7-15-23-25(22)21(16-24(28-23)29-18-10-2-1-3-11-18)26-20-13-6-9-17-8-4-5-12-19(17)20/h1-6,8-13,16,21,26H,7,14-15H2. The van der Waals surface area contributed by atoms with Crippen LogP contribution in [0.1, 0.15) is 19.3 Å². The Morgan fingerprint density at radius 3 is 2.59 bits per heavy atom. The SMILES string of the molecule is O=C1CCCC2=C1C(Nc1cccc3ccccc13)C=C(Sc1ccccc1)O2. The predicted octanol–water partition coefficient (Wildman–Crippen LogP) is 6.29. The van der Waals surface area contributed by atoms with Crippen LogP contribution in [0.3, 0.4) is 0 Å². The van der Waals surface area contributed by atoms with Crippen LogP contribution in [0, 0.1) is 0 Å². The number of hydrogen-bond donors (Lipinski definition) is 1. The molecule has 0 saturated carbocycles. The first-order valence-electron chi connectivity index (χ1n) is 9.91. The van der Waals surface area contributed by atoms with Crippen LogP contribution in [0.2, 0.25) is 0 Å². The molecule has 144 valence electrons. The maximum atomic E-state index is 12.7. The van der Waals surface area contributed by atoms with Gasteiger partial charge in [-0.2, -0.15) is 0 Å². The van der Waals surface area contributed by atoms with Gasteiger partial charge in [-0.05, 0) is 36.1 Å². The first-order valence-corrected chi connectivity index (χ1v) is 10.7. The summed E-state index contributed by atoms with van der Waals surface area (Å²) >= 11 is 1.59. The number of anilines is 1. The summed E-state index contributed by atoms with van der Waals surface area (Å²) in [6.45, 7) is 0. The van der Waals surface area contributed by atoms with Gasteiger partial charge in [-0.25, -0.2) is 0 Å². The van der Waals surface area contributed by atoms with Gasteiger partial charge < -0.3 is 10.1 Å². The normalized spacial score (nSPS) is 18.8. The minimum absolute atomic E-state index is 0.184. The molecule has 0 bridgehead atoms. The summed E-state index contributed by atoms with van der Waals surface area (Å²) in [6.07, 6.45) is 4.29. The molecule has 5 rings (SSSR count). The summed E-state index contributed by atoms with van der Waals surface area (Å²) in [5, 5.41) is 6.77. The van der Waals surface area contributed by atoms with Crippen molar-refractivity contribution in [1.82, 2.24) is 0 Å². The van der Waals surface area contributed by atoms with E-state index in [1.54, 1.807) is 11.8 Å². The minimum atomic E-state index is -0.191. The molecule has 0 fully saturated rings. The van der Waals surface area contributed by atoms with Crippen molar-refractivity contribution in [2.75, 3.05) is 5.32 Å². The summed E-state index contributed by atoms with van der Waals surface area (Å²) < 4.78 is 6.16. The van der Waals surface area contributed by atoms with Crippen molar-refractivity contribution < 1.29 is 9.53 Å². The Hall–Kier alpha value is -2.98. The van der Waals surface area contributed by atoms with E-state index in [1.807, 2.05) is 42.5 Å².